The Morgan fingerprint density at radius 3 is 2.32 bits per heavy atom. The average Bonchev–Trinajstić information content (AvgIpc) is 2.79. The molecule has 0 saturated carbocycles. The van der Waals surface area contributed by atoms with Gasteiger partial charge in [0.05, 0.1) is 11.5 Å². The molecule has 0 bridgehead atoms. The van der Waals surface area contributed by atoms with Crippen molar-refractivity contribution in [2.24, 2.45) is 0 Å². The molecule has 2 aromatic carbocycles. The van der Waals surface area contributed by atoms with Crippen molar-refractivity contribution in [2.45, 2.75) is 20.3 Å². The van der Waals surface area contributed by atoms with Crippen LogP contribution in [-0.4, -0.2) is 54.4 Å². The van der Waals surface area contributed by atoms with Gasteiger partial charge in [-0.2, -0.15) is 0 Å². The van der Waals surface area contributed by atoms with E-state index in [2.05, 4.69) is 10.2 Å². The number of rotatable bonds is 7. The quantitative estimate of drug-likeness (QED) is 0.538. The highest BCUT2D eigenvalue weighted by molar-refractivity contribution is 6.04. The zero-order chi connectivity index (χ0) is 22.4. The number of nitro benzene ring substituents is 1. The number of hydrogen-bond donors (Lipinski definition) is 1. The number of amides is 2. The highest BCUT2D eigenvalue weighted by atomic mass is 16.6. The fourth-order valence-electron chi connectivity index (χ4n) is 3.48. The molecule has 3 rings (SSSR count). The van der Waals surface area contributed by atoms with Crippen LogP contribution in [0.4, 0.5) is 17.1 Å². The summed E-state index contributed by atoms with van der Waals surface area (Å²) in [6.45, 7) is 6.80. The van der Waals surface area contributed by atoms with E-state index in [9.17, 15) is 19.7 Å². The van der Waals surface area contributed by atoms with Gasteiger partial charge in [-0.15, -0.1) is 0 Å². The number of carbonyl (C=O) groups is 2. The van der Waals surface area contributed by atoms with Gasteiger partial charge in [0.25, 0.3) is 5.91 Å². The number of nitro groups is 1. The number of hydrogen-bond acceptors (Lipinski definition) is 6. The Morgan fingerprint density at radius 1 is 1.06 bits per heavy atom. The highest BCUT2D eigenvalue weighted by Gasteiger charge is 2.21. The predicted molar refractivity (Wildman–Crippen MR) is 118 cm³/mol. The van der Waals surface area contributed by atoms with Gasteiger partial charge in [0.1, 0.15) is 0 Å². The molecule has 1 fully saturated rings. The van der Waals surface area contributed by atoms with Crippen LogP contribution in [0.1, 0.15) is 30.6 Å². The minimum atomic E-state index is -0.565. The van der Waals surface area contributed by atoms with E-state index < -0.39 is 10.8 Å². The second kappa shape index (κ2) is 9.92. The van der Waals surface area contributed by atoms with E-state index in [1.165, 1.54) is 18.2 Å². The van der Waals surface area contributed by atoms with Crippen LogP contribution in [0.3, 0.4) is 0 Å². The number of carbonyl (C=O) groups excluding carboxylic acids is 2. The second-order valence-electron chi connectivity index (χ2n) is 7.10. The molecule has 0 aliphatic carbocycles. The van der Waals surface area contributed by atoms with Crippen LogP contribution in [0.15, 0.2) is 42.5 Å². The van der Waals surface area contributed by atoms with Gasteiger partial charge in [0.2, 0.25) is 5.91 Å². The van der Waals surface area contributed by atoms with E-state index >= 15 is 0 Å². The molecule has 2 aromatic rings. The van der Waals surface area contributed by atoms with Gasteiger partial charge < -0.3 is 19.9 Å². The molecule has 0 atom stereocenters. The summed E-state index contributed by atoms with van der Waals surface area (Å²) in [6.07, 6.45) is 0.520. The fourth-order valence-corrected chi connectivity index (χ4v) is 3.48. The lowest BCUT2D eigenvalue weighted by Crippen LogP contribution is -2.48. The molecule has 31 heavy (non-hydrogen) atoms. The zero-order valence-electron chi connectivity index (χ0n) is 17.7. The van der Waals surface area contributed by atoms with Gasteiger partial charge >= 0.3 is 5.69 Å². The SMILES string of the molecule is CCOc1ccc(C(=O)Nc2ccc(N3CCN(C(=O)CC)CC3)cc2)cc1[N+](=O)[O-]. The summed E-state index contributed by atoms with van der Waals surface area (Å²) >= 11 is 0. The molecule has 164 valence electrons. The number of ether oxygens (including phenoxy) is 1. The molecule has 2 amide bonds. The Balaban J connectivity index is 1.64. The molecule has 9 nitrogen and oxygen atoms in total. The highest BCUT2D eigenvalue weighted by Crippen LogP contribution is 2.28. The molecule has 0 spiro atoms. The number of nitrogens with one attached hydrogen (secondary N) is 1. The zero-order valence-corrected chi connectivity index (χ0v) is 17.7. The van der Waals surface area contributed by atoms with Crippen LogP contribution in [0, 0.1) is 10.1 Å². The molecular formula is C22H26N4O5. The largest absolute Gasteiger partial charge is 0.487 e. The number of benzene rings is 2. The van der Waals surface area contributed by atoms with Crippen LogP contribution in [-0.2, 0) is 4.79 Å². The maximum absolute atomic E-state index is 12.6. The van der Waals surface area contributed by atoms with E-state index in [0.29, 0.717) is 31.8 Å². The molecule has 1 N–H and O–H groups in total. The van der Waals surface area contributed by atoms with Crippen molar-refractivity contribution in [1.82, 2.24) is 4.90 Å². The van der Waals surface area contributed by atoms with Crippen molar-refractivity contribution in [1.29, 1.82) is 0 Å². The van der Waals surface area contributed by atoms with Gasteiger partial charge in [0, 0.05) is 55.6 Å². The van der Waals surface area contributed by atoms with Gasteiger partial charge in [-0.25, -0.2) is 0 Å². The minimum absolute atomic E-state index is 0.133. The van der Waals surface area contributed by atoms with E-state index in [-0.39, 0.29) is 22.9 Å². The van der Waals surface area contributed by atoms with E-state index in [0.717, 1.165) is 18.8 Å². The van der Waals surface area contributed by atoms with Crippen LogP contribution < -0.4 is 15.0 Å². The number of nitrogens with zero attached hydrogens (tertiary/aromatic N) is 3. The van der Waals surface area contributed by atoms with E-state index in [4.69, 9.17) is 4.74 Å². The molecule has 0 unspecified atom stereocenters. The van der Waals surface area contributed by atoms with Crippen LogP contribution in [0.25, 0.3) is 0 Å². The average molecular weight is 426 g/mol. The van der Waals surface area contributed by atoms with E-state index in [1.54, 1.807) is 19.1 Å². The molecule has 0 radical (unpaired) electrons. The fraction of sp³-hybridized carbons (Fsp3) is 0.364. The first kappa shape index (κ1) is 22.1. The van der Waals surface area contributed by atoms with Crippen molar-refractivity contribution in [3.05, 3.63) is 58.1 Å². The van der Waals surface area contributed by atoms with Crippen LogP contribution >= 0.6 is 0 Å². The van der Waals surface area contributed by atoms with Gasteiger partial charge in [-0.3, -0.25) is 19.7 Å². The summed E-state index contributed by atoms with van der Waals surface area (Å²) in [5.74, 6) is -0.132. The van der Waals surface area contributed by atoms with Gasteiger partial charge in [-0.1, -0.05) is 6.92 Å². The minimum Gasteiger partial charge on any atom is -0.487 e. The van der Waals surface area contributed by atoms with Crippen molar-refractivity contribution < 1.29 is 19.2 Å². The summed E-state index contributed by atoms with van der Waals surface area (Å²) in [5, 5.41) is 14.0. The Bertz CT molecular complexity index is 953. The molecule has 1 heterocycles. The summed E-state index contributed by atoms with van der Waals surface area (Å²) in [4.78, 5) is 39.1. The lowest BCUT2D eigenvalue weighted by atomic mass is 10.1. The molecule has 9 heteroatoms. The third-order valence-corrected chi connectivity index (χ3v) is 5.14. The lowest BCUT2D eigenvalue weighted by Gasteiger charge is -2.36. The maximum atomic E-state index is 12.6. The summed E-state index contributed by atoms with van der Waals surface area (Å²) < 4.78 is 5.25. The molecular weight excluding hydrogens is 400 g/mol. The first-order valence-electron chi connectivity index (χ1n) is 10.3. The number of piperazine rings is 1. The monoisotopic (exact) mass is 426 g/mol. The normalized spacial score (nSPS) is 13.6. The summed E-state index contributed by atoms with van der Waals surface area (Å²) in [6, 6.07) is 11.5. The molecule has 1 aliphatic rings. The standard InChI is InChI=1S/C22H26N4O5/c1-3-21(27)25-13-11-24(12-14-25)18-8-6-17(7-9-18)23-22(28)16-5-10-20(31-4-2)19(15-16)26(29)30/h5-10,15H,3-4,11-14H2,1-2H3,(H,23,28). The molecule has 1 aliphatic heterocycles. The van der Waals surface area contributed by atoms with Crippen molar-refractivity contribution in [3.63, 3.8) is 0 Å². The Kier molecular flexibility index (Phi) is 7.07. The first-order chi connectivity index (χ1) is 14.9. The lowest BCUT2D eigenvalue weighted by molar-refractivity contribution is -0.385. The van der Waals surface area contributed by atoms with E-state index in [1.807, 2.05) is 24.0 Å². The number of anilines is 2. The maximum Gasteiger partial charge on any atom is 0.311 e. The molecule has 1 saturated heterocycles. The van der Waals surface area contributed by atoms with Crippen LogP contribution in [0.2, 0.25) is 0 Å². The Morgan fingerprint density at radius 2 is 1.74 bits per heavy atom. The smallest absolute Gasteiger partial charge is 0.311 e. The van der Waals surface area contributed by atoms with Crippen molar-refractivity contribution >= 4 is 28.9 Å². The topological polar surface area (TPSA) is 105 Å². The predicted octanol–water partition coefficient (Wildman–Crippen LogP) is 3.30. The second-order valence-corrected chi connectivity index (χ2v) is 7.10. The van der Waals surface area contributed by atoms with Crippen molar-refractivity contribution in [3.8, 4) is 5.75 Å². The first-order valence-corrected chi connectivity index (χ1v) is 10.3. The van der Waals surface area contributed by atoms with Crippen molar-refractivity contribution in [2.75, 3.05) is 43.0 Å². The Labute approximate surface area is 180 Å². The Hall–Kier alpha value is -3.62. The summed E-state index contributed by atoms with van der Waals surface area (Å²) in [5.41, 5.74) is 1.53. The summed E-state index contributed by atoms with van der Waals surface area (Å²) in [7, 11) is 0. The van der Waals surface area contributed by atoms with Gasteiger partial charge in [-0.05, 0) is 43.3 Å². The third kappa shape index (κ3) is 5.30. The molecule has 0 aromatic heterocycles. The van der Waals surface area contributed by atoms with Crippen LogP contribution in [0.5, 0.6) is 5.75 Å². The van der Waals surface area contributed by atoms with Gasteiger partial charge in [0.15, 0.2) is 5.75 Å². The third-order valence-electron chi connectivity index (χ3n) is 5.14.